The highest BCUT2D eigenvalue weighted by atomic mass is 16.5. The molecule has 2 aromatic heterocycles. The molecule has 0 bridgehead atoms. The number of carbonyl (C=O) groups excluding carboxylic acids is 1. The zero-order valence-corrected chi connectivity index (χ0v) is 13.2. The molecule has 1 aliphatic rings. The van der Waals surface area contributed by atoms with Crippen LogP contribution in [0.5, 0.6) is 0 Å². The van der Waals surface area contributed by atoms with E-state index in [2.05, 4.69) is 25.8 Å². The Bertz CT molecular complexity index is 666. The van der Waals surface area contributed by atoms with Gasteiger partial charge >= 0.3 is 0 Å². The van der Waals surface area contributed by atoms with Gasteiger partial charge in [-0.25, -0.2) is 4.98 Å². The van der Waals surface area contributed by atoms with Gasteiger partial charge in [-0.1, -0.05) is 6.07 Å². The molecule has 3 heterocycles. The second-order valence-electron chi connectivity index (χ2n) is 5.59. The average molecular weight is 315 g/mol. The molecule has 0 aromatic carbocycles. The topological polar surface area (TPSA) is 91.9 Å². The van der Waals surface area contributed by atoms with Crippen molar-refractivity contribution >= 4 is 11.7 Å². The van der Waals surface area contributed by atoms with Crippen LogP contribution in [0.1, 0.15) is 33.7 Å². The van der Waals surface area contributed by atoms with E-state index < -0.39 is 0 Å². The van der Waals surface area contributed by atoms with Crippen molar-refractivity contribution in [3.8, 4) is 0 Å². The normalized spacial score (nSPS) is 13.4. The average Bonchev–Trinajstić information content (AvgIpc) is 3.00. The number of nitrogens with zero attached hydrogens (tertiary/aromatic N) is 2. The third-order valence-corrected chi connectivity index (χ3v) is 3.77. The summed E-state index contributed by atoms with van der Waals surface area (Å²) in [5, 5.41) is 13.2. The molecule has 23 heavy (non-hydrogen) atoms. The molecule has 0 radical (unpaired) electrons. The molecule has 1 amide bonds. The standard InChI is InChI=1S/C16H21N5O2/c1-11-3-4-14(19-9-11)17-6-2-7-18-16(22)15-12-10-23-8-5-13(12)20-21-15/h3-4,9H,2,5-8,10H2,1H3,(H,17,19)(H,18,22)(H,20,21). The predicted octanol–water partition coefficient (Wildman–Crippen LogP) is 1.42. The molecular weight excluding hydrogens is 294 g/mol. The molecule has 0 aliphatic carbocycles. The van der Waals surface area contributed by atoms with Gasteiger partial charge in [-0.15, -0.1) is 0 Å². The molecule has 0 spiro atoms. The molecule has 0 fully saturated rings. The number of ether oxygens (including phenoxy) is 1. The lowest BCUT2D eigenvalue weighted by atomic mass is 10.1. The third-order valence-electron chi connectivity index (χ3n) is 3.77. The molecule has 122 valence electrons. The molecular formula is C16H21N5O2. The van der Waals surface area contributed by atoms with Crippen molar-refractivity contribution in [1.29, 1.82) is 0 Å². The number of fused-ring (bicyclic) bond motifs is 1. The summed E-state index contributed by atoms with van der Waals surface area (Å²) in [4.78, 5) is 16.4. The van der Waals surface area contributed by atoms with Gasteiger partial charge in [0.05, 0.1) is 13.2 Å². The molecule has 7 heteroatoms. The van der Waals surface area contributed by atoms with Crippen LogP contribution in [-0.4, -0.2) is 40.8 Å². The molecule has 0 unspecified atom stereocenters. The highest BCUT2D eigenvalue weighted by Gasteiger charge is 2.21. The van der Waals surface area contributed by atoms with Crippen molar-refractivity contribution in [3.05, 3.63) is 40.8 Å². The Morgan fingerprint density at radius 1 is 1.39 bits per heavy atom. The van der Waals surface area contributed by atoms with E-state index in [0.29, 0.717) is 25.5 Å². The van der Waals surface area contributed by atoms with Gasteiger partial charge in [0, 0.05) is 37.0 Å². The quantitative estimate of drug-likeness (QED) is 0.701. The van der Waals surface area contributed by atoms with E-state index in [0.717, 1.165) is 42.0 Å². The minimum atomic E-state index is -0.151. The Hall–Kier alpha value is -2.41. The van der Waals surface area contributed by atoms with Crippen molar-refractivity contribution < 1.29 is 9.53 Å². The molecule has 1 aliphatic heterocycles. The van der Waals surface area contributed by atoms with Crippen molar-refractivity contribution in [2.24, 2.45) is 0 Å². The Morgan fingerprint density at radius 2 is 2.30 bits per heavy atom. The van der Waals surface area contributed by atoms with Crippen LogP contribution in [0.15, 0.2) is 18.3 Å². The number of hydrogen-bond donors (Lipinski definition) is 3. The number of anilines is 1. The van der Waals surface area contributed by atoms with Crippen LogP contribution in [0.2, 0.25) is 0 Å². The molecule has 0 saturated carbocycles. The predicted molar refractivity (Wildman–Crippen MR) is 86.4 cm³/mol. The Morgan fingerprint density at radius 3 is 3.13 bits per heavy atom. The number of pyridine rings is 1. The Kier molecular flexibility index (Phi) is 4.87. The highest BCUT2D eigenvalue weighted by molar-refractivity contribution is 5.93. The summed E-state index contributed by atoms with van der Waals surface area (Å²) < 4.78 is 5.39. The third kappa shape index (κ3) is 3.87. The highest BCUT2D eigenvalue weighted by Crippen LogP contribution is 2.17. The summed E-state index contributed by atoms with van der Waals surface area (Å²) in [5.41, 5.74) is 3.48. The van der Waals surface area contributed by atoms with E-state index in [1.807, 2.05) is 25.3 Å². The summed E-state index contributed by atoms with van der Waals surface area (Å²) in [7, 11) is 0. The summed E-state index contributed by atoms with van der Waals surface area (Å²) in [5.74, 6) is 0.696. The Balaban J connectivity index is 1.41. The van der Waals surface area contributed by atoms with Gasteiger partial charge in [-0.3, -0.25) is 9.89 Å². The molecule has 0 atom stereocenters. The second kappa shape index (κ2) is 7.23. The smallest absolute Gasteiger partial charge is 0.272 e. The number of H-pyrrole nitrogens is 1. The minimum absolute atomic E-state index is 0.151. The lowest BCUT2D eigenvalue weighted by Crippen LogP contribution is -2.27. The summed E-state index contributed by atoms with van der Waals surface area (Å²) >= 11 is 0. The van der Waals surface area contributed by atoms with Crippen LogP contribution >= 0.6 is 0 Å². The van der Waals surface area contributed by atoms with Crippen molar-refractivity contribution in [2.75, 3.05) is 25.0 Å². The fraction of sp³-hybridized carbons (Fsp3) is 0.438. The fourth-order valence-electron chi connectivity index (χ4n) is 2.46. The van der Waals surface area contributed by atoms with E-state index >= 15 is 0 Å². The maximum atomic E-state index is 12.2. The van der Waals surface area contributed by atoms with Crippen molar-refractivity contribution in [2.45, 2.75) is 26.4 Å². The van der Waals surface area contributed by atoms with Crippen LogP contribution in [0.3, 0.4) is 0 Å². The number of carbonyl (C=O) groups is 1. The lowest BCUT2D eigenvalue weighted by molar-refractivity contribution is 0.0925. The number of amides is 1. The lowest BCUT2D eigenvalue weighted by Gasteiger charge is -2.12. The van der Waals surface area contributed by atoms with Gasteiger partial charge in [-0.05, 0) is 25.0 Å². The van der Waals surface area contributed by atoms with Crippen LogP contribution < -0.4 is 10.6 Å². The zero-order chi connectivity index (χ0) is 16.1. The maximum absolute atomic E-state index is 12.2. The van der Waals surface area contributed by atoms with Gasteiger partial charge in [0.1, 0.15) is 5.82 Å². The number of nitrogens with one attached hydrogen (secondary N) is 3. The van der Waals surface area contributed by atoms with Crippen LogP contribution in [0.4, 0.5) is 5.82 Å². The summed E-state index contributed by atoms with van der Waals surface area (Å²) in [6.07, 6.45) is 3.42. The van der Waals surface area contributed by atoms with Crippen molar-refractivity contribution in [1.82, 2.24) is 20.5 Å². The number of aryl methyl sites for hydroxylation is 1. The summed E-state index contributed by atoms with van der Waals surface area (Å²) in [6.45, 7) is 4.47. The van der Waals surface area contributed by atoms with E-state index in [1.165, 1.54) is 0 Å². The largest absolute Gasteiger partial charge is 0.376 e. The van der Waals surface area contributed by atoms with Gasteiger partial charge in [0.25, 0.3) is 5.91 Å². The zero-order valence-electron chi connectivity index (χ0n) is 13.2. The van der Waals surface area contributed by atoms with Crippen LogP contribution in [0.25, 0.3) is 0 Å². The monoisotopic (exact) mass is 315 g/mol. The first-order valence-electron chi connectivity index (χ1n) is 7.82. The second-order valence-corrected chi connectivity index (χ2v) is 5.59. The summed E-state index contributed by atoms with van der Waals surface area (Å²) in [6, 6.07) is 3.96. The van der Waals surface area contributed by atoms with E-state index in [-0.39, 0.29) is 5.91 Å². The first kappa shape index (κ1) is 15.5. The minimum Gasteiger partial charge on any atom is -0.376 e. The molecule has 3 rings (SSSR count). The first-order chi connectivity index (χ1) is 11.2. The molecule has 3 N–H and O–H groups in total. The fourth-order valence-corrected chi connectivity index (χ4v) is 2.46. The Labute approximate surface area is 134 Å². The maximum Gasteiger partial charge on any atom is 0.272 e. The van der Waals surface area contributed by atoms with Gasteiger partial charge in [0.2, 0.25) is 0 Å². The van der Waals surface area contributed by atoms with Crippen molar-refractivity contribution in [3.63, 3.8) is 0 Å². The van der Waals surface area contributed by atoms with Crippen LogP contribution in [0, 0.1) is 6.92 Å². The number of aromatic nitrogens is 3. The van der Waals surface area contributed by atoms with Gasteiger partial charge < -0.3 is 15.4 Å². The number of hydrogen-bond acceptors (Lipinski definition) is 5. The van der Waals surface area contributed by atoms with Crippen LogP contribution in [-0.2, 0) is 17.8 Å². The van der Waals surface area contributed by atoms with Gasteiger partial charge in [-0.2, -0.15) is 5.10 Å². The van der Waals surface area contributed by atoms with E-state index in [1.54, 1.807) is 0 Å². The number of rotatable bonds is 6. The molecule has 2 aromatic rings. The number of aromatic amines is 1. The molecule has 7 nitrogen and oxygen atoms in total. The first-order valence-corrected chi connectivity index (χ1v) is 7.82. The SMILES string of the molecule is Cc1ccc(NCCCNC(=O)c2n[nH]c3c2COCC3)nc1. The van der Waals surface area contributed by atoms with Gasteiger partial charge in [0.15, 0.2) is 5.69 Å². The molecule has 0 saturated heterocycles. The van der Waals surface area contributed by atoms with E-state index in [9.17, 15) is 4.79 Å². The van der Waals surface area contributed by atoms with E-state index in [4.69, 9.17) is 4.74 Å².